The van der Waals surface area contributed by atoms with Crippen molar-refractivity contribution in [1.82, 2.24) is 0 Å². The van der Waals surface area contributed by atoms with E-state index in [4.69, 9.17) is 9.47 Å². The van der Waals surface area contributed by atoms with Gasteiger partial charge >= 0.3 is 5.97 Å². The predicted molar refractivity (Wildman–Crippen MR) is 149 cm³/mol. The van der Waals surface area contributed by atoms with Gasteiger partial charge in [-0.3, -0.25) is 10.1 Å². The van der Waals surface area contributed by atoms with E-state index in [1.165, 1.54) is 12.1 Å². The normalized spacial score (nSPS) is 14.2. The van der Waals surface area contributed by atoms with Crippen molar-refractivity contribution in [3.05, 3.63) is 104 Å². The zero-order valence-electron chi connectivity index (χ0n) is 16.6. The first-order valence-corrected chi connectivity index (χ1v) is 12.7. The molecule has 7 nitrogen and oxygen atoms in total. The number of nitro benzene ring substituents is 1. The largest absolute Gasteiger partial charge is 0.487 e. The van der Waals surface area contributed by atoms with Crippen LogP contribution in [-0.4, -0.2) is 16.8 Å². The number of ether oxygens (including phenoxy) is 2. The number of hydrogen-bond donors (Lipinski definition) is 0. The summed E-state index contributed by atoms with van der Waals surface area (Å²) in [5.74, 6) is 0.449. The molecule has 1 aliphatic heterocycles. The quantitative estimate of drug-likeness (QED) is 0.0960. The van der Waals surface area contributed by atoms with E-state index < -0.39 is 10.9 Å². The summed E-state index contributed by atoms with van der Waals surface area (Å²) in [7, 11) is 0. The fourth-order valence-corrected chi connectivity index (χ4v) is 5.49. The molecule has 0 saturated heterocycles. The highest BCUT2D eigenvalue weighted by molar-refractivity contribution is 14.1. The van der Waals surface area contributed by atoms with Gasteiger partial charge in [0.2, 0.25) is 5.90 Å². The van der Waals surface area contributed by atoms with Gasteiger partial charge in [0.05, 0.1) is 12.1 Å². The number of carbonyl (C=O) groups excluding carboxylic acids is 1. The maximum absolute atomic E-state index is 12.3. The molecule has 166 valence electrons. The maximum atomic E-state index is 12.3. The SMILES string of the molecule is O=C1OC(c2ccc(I)cc2)=N/C1=C\c1cc(I)c(OCc2cccc([N+](=O)[O-])c2)c(I)c1. The smallest absolute Gasteiger partial charge is 0.363 e. The zero-order valence-corrected chi connectivity index (χ0v) is 23.1. The lowest BCUT2D eigenvalue weighted by molar-refractivity contribution is -0.384. The van der Waals surface area contributed by atoms with Crippen LogP contribution in [0, 0.1) is 20.8 Å². The van der Waals surface area contributed by atoms with Crippen LogP contribution >= 0.6 is 67.8 Å². The summed E-state index contributed by atoms with van der Waals surface area (Å²) >= 11 is 6.53. The van der Waals surface area contributed by atoms with Crippen molar-refractivity contribution in [1.29, 1.82) is 0 Å². The highest BCUT2D eigenvalue weighted by Gasteiger charge is 2.24. The summed E-state index contributed by atoms with van der Waals surface area (Å²) in [4.78, 5) is 27.2. The molecule has 0 aliphatic carbocycles. The molecule has 4 rings (SSSR count). The summed E-state index contributed by atoms with van der Waals surface area (Å²) in [6.45, 7) is 0.199. The van der Waals surface area contributed by atoms with Gasteiger partial charge in [0.15, 0.2) is 5.70 Å². The molecule has 33 heavy (non-hydrogen) atoms. The van der Waals surface area contributed by atoms with Crippen molar-refractivity contribution in [3.8, 4) is 5.75 Å². The number of esters is 1. The Bertz CT molecular complexity index is 1300. The number of aliphatic imine (C=N–C) groups is 1. The standard InChI is InChI=1S/C23H13I3N2O5/c24-16-6-4-15(5-7-16)22-27-20(23(29)33-22)11-14-9-18(25)21(19(26)10-14)32-12-13-2-1-3-17(8-13)28(30)31/h1-11H,12H2/b20-11-. The first kappa shape index (κ1) is 24.1. The predicted octanol–water partition coefficient (Wildman–Crippen LogP) is 6.33. The molecule has 0 spiro atoms. The lowest BCUT2D eigenvalue weighted by Crippen LogP contribution is -2.05. The molecule has 0 amide bonds. The van der Waals surface area contributed by atoms with E-state index in [-0.39, 0.29) is 23.9 Å². The number of nitrogens with zero attached hydrogens (tertiary/aromatic N) is 2. The number of hydrogen-bond acceptors (Lipinski definition) is 6. The Kier molecular flexibility index (Phi) is 7.63. The molecule has 0 saturated carbocycles. The topological polar surface area (TPSA) is 91.0 Å². The number of carbonyl (C=O) groups is 1. The Morgan fingerprint density at radius 3 is 2.39 bits per heavy atom. The summed E-state index contributed by atoms with van der Waals surface area (Å²) in [6.07, 6.45) is 1.68. The van der Waals surface area contributed by atoms with Crippen molar-refractivity contribution in [2.24, 2.45) is 4.99 Å². The van der Waals surface area contributed by atoms with E-state index in [0.29, 0.717) is 11.3 Å². The van der Waals surface area contributed by atoms with Gasteiger partial charge in [0.25, 0.3) is 5.69 Å². The van der Waals surface area contributed by atoms with Crippen LogP contribution in [-0.2, 0) is 16.1 Å². The van der Waals surface area contributed by atoms with E-state index in [2.05, 4.69) is 72.8 Å². The fraction of sp³-hybridized carbons (Fsp3) is 0.0435. The van der Waals surface area contributed by atoms with Crippen LogP contribution in [0.4, 0.5) is 5.69 Å². The molecule has 3 aromatic carbocycles. The van der Waals surface area contributed by atoms with Crippen molar-refractivity contribution in [2.45, 2.75) is 6.61 Å². The van der Waals surface area contributed by atoms with Crippen molar-refractivity contribution in [2.75, 3.05) is 0 Å². The van der Waals surface area contributed by atoms with Gasteiger partial charge in [0, 0.05) is 21.3 Å². The molecule has 1 heterocycles. The Morgan fingerprint density at radius 1 is 1.03 bits per heavy atom. The van der Waals surface area contributed by atoms with Crippen LogP contribution in [0.1, 0.15) is 16.7 Å². The Balaban J connectivity index is 1.54. The first-order chi connectivity index (χ1) is 15.8. The molecule has 0 fully saturated rings. The van der Waals surface area contributed by atoms with Gasteiger partial charge in [0.1, 0.15) is 12.4 Å². The summed E-state index contributed by atoms with van der Waals surface area (Å²) in [5.41, 5.74) is 2.47. The molecule has 0 N–H and O–H groups in total. The summed E-state index contributed by atoms with van der Waals surface area (Å²) in [5, 5.41) is 11.0. The number of rotatable bonds is 6. The maximum Gasteiger partial charge on any atom is 0.363 e. The van der Waals surface area contributed by atoms with E-state index in [1.807, 2.05) is 36.4 Å². The Hall–Kier alpha value is -2.07. The minimum atomic E-state index is -0.500. The highest BCUT2D eigenvalue weighted by Crippen LogP contribution is 2.31. The fourth-order valence-electron chi connectivity index (χ4n) is 3.00. The minimum Gasteiger partial charge on any atom is -0.487 e. The van der Waals surface area contributed by atoms with Gasteiger partial charge < -0.3 is 9.47 Å². The molecule has 10 heteroatoms. The summed E-state index contributed by atoms with van der Waals surface area (Å²) < 4.78 is 14.0. The summed E-state index contributed by atoms with van der Waals surface area (Å²) in [6, 6.07) is 17.7. The molecule has 1 aliphatic rings. The van der Waals surface area contributed by atoms with E-state index in [9.17, 15) is 14.9 Å². The number of non-ortho nitro benzene ring substituents is 1. The molecule has 0 bridgehead atoms. The zero-order chi connectivity index (χ0) is 23.5. The van der Waals surface area contributed by atoms with Crippen molar-refractivity contribution < 1.29 is 19.2 Å². The number of benzene rings is 3. The number of halogens is 3. The van der Waals surface area contributed by atoms with Crippen molar-refractivity contribution >= 4 is 91.4 Å². The first-order valence-electron chi connectivity index (χ1n) is 9.44. The third-order valence-electron chi connectivity index (χ3n) is 4.54. The lowest BCUT2D eigenvalue weighted by atomic mass is 10.2. The molecular formula is C23H13I3N2O5. The molecule has 3 aromatic rings. The molecule has 0 radical (unpaired) electrons. The number of cyclic esters (lactones) is 1. The van der Waals surface area contributed by atoms with Gasteiger partial charge in [-0.1, -0.05) is 12.1 Å². The molecule has 0 aromatic heterocycles. The van der Waals surface area contributed by atoms with Crippen LogP contribution in [0.3, 0.4) is 0 Å². The monoisotopic (exact) mass is 778 g/mol. The van der Waals surface area contributed by atoms with Gasteiger partial charge in [-0.2, -0.15) is 0 Å². The van der Waals surface area contributed by atoms with Crippen LogP contribution < -0.4 is 4.74 Å². The molecule has 0 unspecified atom stereocenters. The van der Waals surface area contributed by atoms with Gasteiger partial charge in [-0.05, 0) is 121 Å². The number of nitro groups is 1. The Morgan fingerprint density at radius 2 is 1.73 bits per heavy atom. The second-order valence-electron chi connectivity index (χ2n) is 6.87. The third-order valence-corrected chi connectivity index (χ3v) is 6.86. The Labute approximate surface area is 229 Å². The van der Waals surface area contributed by atoms with Crippen LogP contribution in [0.2, 0.25) is 0 Å². The van der Waals surface area contributed by atoms with E-state index in [0.717, 1.165) is 21.8 Å². The van der Waals surface area contributed by atoms with E-state index in [1.54, 1.807) is 18.2 Å². The average molecular weight is 778 g/mol. The highest BCUT2D eigenvalue weighted by atomic mass is 127. The lowest BCUT2D eigenvalue weighted by Gasteiger charge is -2.11. The molecule has 0 atom stereocenters. The van der Waals surface area contributed by atoms with Gasteiger partial charge in [-0.25, -0.2) is 9.79 Å². The second kappa shape index (κ2) is 10.5. The van der Waals surface area contributed by atoms with Crippen molar-refractivity contribution in [3.63, 3.8) is 0 Å². The van der Waals surface area contributed by atoms with Crippen LogP contribution in [0.25, 0.3) is 6.08 Å². The average Bonchev–Trinajstić information content (AvgIpc) is 3.14. The van der Waals surface area contributed by atoms with Crippen LogP contribution in [0.15, 0.2) is 71.4 Å². The minimum absolute atomic E-state index is 0.0241. The second-order valence-corrected chi connectivity index (χ2v) is 10.4. The molecular weight excluding hydrogens is 765 g/mol. The third kappa shape index (κ3) is 5.90. The van der Waals surface area contributed by atoms with Crippen LogP contribution in [0.5, 0.6) is 5.75 Å². The van der Waals surface area contributed by atoms with E-state index >= 15 is 0 Å². The van der Waals surface area contributed by atoms with Gasteiger partial charge in [-0.15, -0.1) is 0 Å².